The van der Waals surface area contributed by atoms with Crippen molar-refractivity contribution in [3.05, 3.63) is 17.7 Å². The minimum Gasteiger partial charge on any atom is -0.493 e. The molecule has 1 aliphatic rings. The van der Waals surface area contributed by atoms with Crippen LogP contribution in [0.2, 0.25) is 0 Å². The van der Waals surface area contributed by atoms with E-state index in [1.165, 1.54) is 32.4 Å². The van der Waals surface area contributed by atoms with E-state index in [4.69, 9.17) is 19.2 Å². The van der Waals surface area contributed by atoms with Gasteiger partial charge in [0, 0.05) is 25.2 Å². The summed E-state index contributed by atoms with van der Waals surface area (Å²) in [5.41, 5.74) is 0.948. The second-order valence-electron chi connectivity index (χ2n) is 6.52. The van der Waals surface area contributed by atoms with Crippen LogP contribution in [-0.2, 0) is 6.54 Å². The van der Waals surface area contributed by atoms with E-state index < -0.39 is 0 Å². The molecule has 0 saturated carbocycles. The van der Waals surface area contributed by atoms with Gasteiger partial charge in [-0.25, -0.2) is 4.99 Å². The lowest BCUT2D eigenvalue weighted by Gasteiger charge is -2.26. The van der Waals surface area contributed by atoms with Crippen molar-refractivity contribution in [2.24, 2.45) is 4.99 Å². The van der Waals surface area contributed by atoms with Crippen LogP contribution in [0.1, 0.15) is 31.7 Å². The minimum absolute atomic E-state index is 0.489. The SMILES string of the molecule is CCNC(=NCc1ccc(OC)c(OC)c1OC)NCCN1CCCCC1. The zero-order chi connectivity index (χ0) is 19.5. The number of nitrogens with one attached hydrogen (secondary N) is 2. The van der Waals surface area contributed by atoms with Crippen molar-refractivity contribution >= 4 is 5.96 Å². The quantitative estimate of drug-likeness (QED) is 0.508. The van der Waals surface area contributed by atoms with Gasteiger partial charge in [-0.3, -0.25) is 0 Å². The number of aliphatic imine (C=N–C) groups is 1. The Bertz CT molecular complexity index is 601. The molecule has 27 heavy (non-hydrogen) atoms. The molecule has 2 rings (SSSR count). The Morgan fingerprint density at radius 1 is 1.00 bits per heavy atom. The van der Waals surface area contributed by atoms with Gasteiger partial charge in [0.05, 0.1) is 27.9 Å². The normalized spacial score (nSPS) is 15.3. The lowest BCUT2D eigenvalue weighted by molar-refractivity contribution is 0.232. The molecule has 2 N–H and O–H groups in total. The zero-order valence-electron chi connectivity index (χ0n) is 17.1. The van der Waals surface area contributed by atoms with E-state index in [-0.39, 0.29) is 0 Å². The molecule has 1 heterocycles. The molecule has 0 radical (unpaired) electrons. The van der Waals surface area contributed by atoms with Crippen LogP contribution < -0.4 is 24.8 Å². The summed E-state index contributed by atoms with van der Waals surface area (Å²) in [6.45, 7) is 7.72. The molecule has 0 bridgehead atoms. The number of hydrogen-bond acceptors (Lipinski definition) is 5. The molecule has 0 aliphatic carbocycles. The Morgan fingerprint density at radius 2 is 1.74 bits per heavy atom. The molecule has 152 valence electrons. The number of hydrogen-bond donors (Lipinski definition) is 2. The highest BCUT2D eigenvalue weighted by atomic mass is 16.5. The monoisotopic (exact) mass is 378 g/mol. The van der Waals surface area contributed by atoms with Crippen LogP contribution in [0, 0.1) is 0 Å². The third-order valence-corrected chi connectivity index (χ3v) is 4.71. The van der Waals surface area contributed by atoms with Gasteiger partial charge in [-0.05, 0) is 45.0 Å². The van der Waals surface area contributed by atoms with E-state index >= 15 is 0 Å². The number of nitrogens with zero attached hydrogens (tertiary/aromatic N) is 2. The molecule has 0 atom stereocenters. The molecule has 1 aliphatic heterocycles. The third-order valence-electron chi connectivity index (χ3n) is 4.71. The Labute approximate surface area is 163 Å². The lowest BCUT2D eigenvalue weighted by atomic mass is 10.1. The first-order valence-electron chi connectivity index (χ1n) is 9.75. The Kier molecular flexibility index (Phi) is 9.04. The minimum atomic E-state index is 0.489. The predicted molar refractivity (Wildman–Crippen MR) is 109 cm³/mol. The first-order chi connectivity index (χ1) is 13.2. The molecule has 1 saturated heterocycles. The second-order valence-corrected chi connectivity index (χ2v) is 6.52. The summed E-state index contributed by atoms with van der Waals surface area (Å²) in [6, 6.07) is 3.84. The van der Waals surface area contributed by atoms with Gasteiger partial charge in [-0.2, -0.15) is 0 Å². The van der Waals surface area contributed by atoms with Crippen molar-refractivity contribution < 1.29 is 14.2 Å². The first kappa shape index (κ1) is 21.2. The highest BCUT2D eigenvalue weighted by Gasteiger charge is 2.15. The smallest absolute Gasteiger partial charge is 0.203 e. The summed E-state index contributed by atoms with van der Waals surface area (Å²) in [7, 11) is 4.86. The van der Waals surface area contributed by atoms with Crippen molar-refractivity contribution in [3.63, 3.8) is 0 Å². The number of guanidine groups is 1. The number of ether oxygens (including phenoxy) is 3. The third kappa shape index (κ3) is 6.20. The summed E-state index contributed by atoms with van der Waals surface area (Å²) >= 11 is 0. The van der Waals surface area contributed by atoms with Gasteiger partial charge in [-0.15, -0.1) is 0 Å². The molecule has 0 aromatic heterocycles. The second kappa shape index (κ2) is 11.5. The van der Waals surface area contributed by atoms with E-state index in [1.54, 1.807) is 21.3 Å². The van der Waals surface area contributed by atoms with Gasteiger partial charge in [-0.1, -0.05) is 6.42 Å². The van der Waals surface area contributed by atoms with E-state index in [0.29, 0.717) is 23.8 Å². The predicted octanol–water partition coefficient (Wildman–Crippen LogP) is 2.25. The number of rotatable bonds is 9. The van der Waals surface area contributed by atoms with Crippen LogP contribution in [0.25, 0.3) is 0 Å². The molecular weight excluding hydrogens is 344 g/mol. The van der Waals surface area contributed by atoms with E-state index in [2.05, 4.69) is 22.5 Å². The van der Waals surface area contributed by atoms with E-state index in [0.717, 1.165) is 31.2 Å². The first-order valence-corrected chi connectivity index (χ1v) is 9.75. The average molecular weight is 379 g/mol. The fourth-order valence-corrected chi connectivity index (χ4v) is 3.31. The summed E-state index contributed by atoms with van der Waals surface area (Å²) in [5.74, 6) is 2.71. The molecule has 0 spiro atoms. The van der Waals surface area contributed by atoms with Crippen LogP contribution in [0.15, 0.2) is 17.1 Å². The van der Waals surface area contributed by atoms with Crippen molar-refractivity contribution in [2.45, 2.75) is 32.7 Å². The number of piperidine rings is 1. The Morgan fingerprint density at radius 3 is 2.37 bits per heavy atom. The zero-order valence-corrected chi connectivity index (χ0v) is 17.1. The fourth-order valence-electron chi connectivity index (χ4n) is 3.31. The highest BCUT2D eigenvalue weighted by Crippen LogP contribution is 2.39. The summed E-state index contributed by atoms with van der Waals surface area (Å²) in [5, 5.41) is 6.73. The molecule has 0 amide bonds. The van der Waals surface area contributed by atoms with Crippen molar-refractivity contribution in [1.82, 2.24) is 15.5 Å². The Balaban J connectivity index is 2.00. The van der Waals surface area contributed by atoms with Crippen molar-refractivity contribution in [3.8, 4) is 17.2 Å². The molecule has 0 unspecified atom stereocenters. The number of methoxy groups -OCH3 is 3. The topological polar surface area (TPSA) is 67.4 Å². The van der Waals surface area contributed by atoms with Crippen LogP contribution in [-0.4, -0.2) is 64.9 Å². The van der Waals surface area contributed by atoms with Crippen LogP contribution in [0.5, 0.6) is 17.2 Å². The maximum Gasteiger partial charge on any atom is 0.203 e. The van der Waals surface area contributed by atoms with E-state index in [9.17, 15) is 0 Å². The van der Waals surface area contributed by atoms with Gasteiger partial charge in [0.25, 0.3) is 0 Å². The van der Waals surface area contributed by atoms with Gasteiger partial charge in [0.2, 0.25) is 5.75 Å². The maximum absolute atomic E-state index is 5.54. The Hall–Kier alpha value is -2.15. The largest absolute Gasteiger partial charge is 0.493 e. The molecule has 1 fully saturated rings. The highest BCUT2D eigenvalue weighted by molar-refractivity contribution is 5.79. The molecule has 7 nitrogen and oxygen atoms in total. The maximum atomic E-state index is 5.54. The van der Waals surface area contributed by atoms with Gasteiger partial charge < -0.3 is 29.7 Å². The molecular formula is C20H34N4O3. The molecule has 1 aromatic rings. The summed E-state index contributed by atoms with van der Waals surface area (Å²) in [4.78, 5) is 7.22. The van der Waals surface area contributed by atoms with Gasteiger partial charge in [0.15, 0.2) is 17.5 Å². The van der Waals surface area contributed by atoms with E-state index in [1.807, 2.05) is 12.1 Å². The van der Waals surface area contributed by atoms with Gasteiger partial charge in [0.1, 0.15) is 0 Å². The average Bonchev–Trinajstić information content (AvgIpc) is 2.71. The van der Waals surface area contributed by atoms with Crippen LogP contribution in [0.4, 0.5) is 0 Å². The lowest BCUT2D eigenvalue weighted by Crippen LogP contribution is -2.42. The molecule has 7 heteroatoms. The molecule has 1 aromatic carbocycles. The summed E-state index contributed by atoms with van der Waals surface area (Å²) < 4.78 is 16.3. The number of benzene rings is 1. The van der Waals surface area contributed by atoms with Crippen LogP contribution in [0.3, 0.4) is 0 Å². The van der Waals surface area contributed by atoms with Crippen molar-refractivity contribution in [1.29, 1.82) is 0 Å². The standard InChI is InChI=1S/C20H34N4O3/c1-5-21-20(22-11-14-24-12-7-6-8-13-24)23-15-16-9-10-17(25-2)19(27-4)18(16)26-3/h9-10H,5-8,11-15H2,1-4H3,(H2,21,22,23). The fraction of sp³-hybridized carbons (Fsp3) is 0.650. The van der Waals surface area contributed by atoms with Crippen molar-refractivity contribution in [2.75, 3.05) is 54.1 Å². The summed E-state index contributed by atoms with van der Waals surface area (Å²) in [6.07, 6.45) is 3.99. The number of likely N-dealkylation sites (tertiary alicyclic amines) is 1. The van der Waals surface area contributed by atoms with Gasteiger partial charge >= 0.3 is 0 Å². The van der Waals surface area contributed by atoms with Crippen LogP contribution >= 0.6 is 0 Å².